The van der Waals surface area contributed by atoms with E-state index in [1.165, 1.54) is 9.75 Å². The van der Waals surface area contributed by atoms with Crippen LogP contribution in [0.1, 0.15) is 29.8 Å². The largest absolute Gasteiger partial charge is 0.465 e. The van der Waals surface area contributed by atoms with E-state index in [1.54, 1.807) is 22.7 Å². The lowest BCUT2D eigenvalue weighted by atomic mass is 10.1. The molecule has 1 aliphatic carbocycles. The van der Waals surface area contributed by atoms with Crippen LogP contribution in [0.15, 0.2) is 17.5 Å². The quantitative estimate of drug-likeness (QED) is 0.808. The van der Waals surface area contributed by atoms with Gasteiger partial charge >= 0.3 is 5.97 Å². The molecule has 5 heteroatoms. The molecular weight excluding hydrogens is 266 g/mol. The standard InChI is InChI=1S/C13H13NO2S2/c1-2-16-13(15)8-5-6-9-11(8)14-12(18-9)10-4-3-7-17-10/h3-4,7-8H,2,5-6H2,1H3. The fraction of sp³-hybridized carbons (Fsp3) is 0.385. The van der Waals surface area contributed by atoms with Crippen molar-refractivity contribution in [3.05, 3.63) is 28.1 Å². The molecule has 1 atom stereocenters. The van der Waals surface area contributed by atoms with E-state index in [4.69, 9.17) is 4.74 Å². The van der Waals surface area contributed by atoms with Crippen molar-refractivity contribution in [1.29, 1.82) is 0 Å². The molecule has 3 rings (SSSR count). The number of thiazole rings is 1. The van der Waals surface area contributed by atoms with Crippen LogP contribution >= 0.6 is 22.7 Å². The number of rotatable bonds is 3. The molecule has 0 aromatic carbocycles. The average Bonchev–Trinajstić information content (AvgIpc) is 3.04. The molecule has 2 aromatic rings. The van der Waals surface area contributed by atoms with Gasteiger partial charge in [-0.3, -0.25) is 4.79 Å². The van der Waals surface area contributed by atoms with Crippen LogP contribution in [-0.4, -0.2) is 17.6 Å². The zero-order valence-electron chi connectivity index (χ0n) is 10.0. The Hall–Kier alpha value is -1.20. The van der Waals surface area contributed by atoms with Gasteiger partial charge in [-0.25, -0.2) is 4.98 Å². The summed E-state index contributed by atoms with van der Waals surface area (Å²) in [6.07, 6.45) is 1.79. The monoisotopic (exact) mass is 279 g/mol. The Morgan fingerprint density at radius 2 is 2.50 bits per heavy atom. The van der Waals surface area contributed by atoms with Crippen LogP contribution in [0.4, 0.5) is 0 Å². The number of nitrogens with zero attached hydrogens (tertiary/aromatic N) is 1. The van der Waals surface area contributed by atoms with E-state index in [0.29, 0.717) is 6.61 Å². The van der Waals surface area contributed by atoms with Crippen molar-refractivity contribution in [1.82, 2.24) is 4.98 Å². The Morgan fingerprint density at radius 3 is 3.22 bits per heavy atom. The number of esters is 1. The van der Waals surface area contributed by atoms with Crippen molar-refractivity contribution in [2.75, 3.05) is 6.61 Å². The van der Waals surface area contributed by atoms with Crippen molar-refractivity contribution >= 4 is 28.6 Å². The number of hydrogen-bond donors (Lipinski definition) is 0. The van der Waals surface area contributed by atoms with Crippen molar-refractivity contribution in [3.63, 3.8) is 0 Å². The second-order valence-corrected chi connectivity index (χ2v) is 6.18. The summed E-state index contributed by atoms with van der Waals surface area (Å²) in [6, 6.07) is 4.09. The molecule has 0 fully saturated rings. The van der Waals surface area contributed by atoms with Crippen LogP contribution in [0.5, 0.6) is 0 Å². The lowest BCUT2D eigenvalue weighted by Gasteiger charge is -2.07. The zero-order chi connectivity index (χ0) is 12.5. The lowest BCUT2D eigenvalue weighted by Crippen LogP contribution is -2.14. The van der Waals surface area contributed by atoms with Gasteiger partial charge in [0.15, 0.2) is 0 Å². The minimum absolute atomic E-state index is 0.126. The van der Waals surface area contributed by atoms with Gasteiger partial charge in [-0.05, 0) is 31.2 Å². The van der Waals surface area contributed by atoms with Crippen molar-refractivity contribution in [2.45, 2.75) is 25.7 Å². The highest BCUT2D eigenvalue weighted by atomic mass is 32.1. The molecule has 0 saturated heterocycles. The number of aryl methyl sites for hydroxylation is 1. The smallest absolute Gasteiger partial charge is 0.315 e. The third-order valence-corrected chi connectivity index (χ3v) is 5.19. The van der Waals surface area contributed by atoms with Gasteiger partial charge in [0.25, 0.3) is 0 Å². The molecule has 0 spiro atoms. The minimum atomic E-state index is -0.148. The Bertz CT molecular complexity index is 560. The Morgan fingerprint density at radius 1 is 1.61 bits per heavy atom. The first-order valence-corrected chi connectivity index (χ1v) is 7.69. The van der Waals surface area contributed by atoms with Crippen LogP contribution in [-0.2, 0) is 16.0 Å². The molecule has 1 unspecified atom stereocenters. The molecule has 2 heterocycles. The number of ether oxygens (including phenoxy) is 1. The summed E-state index contributed by atoms with van der Waals surface area (Å²) < 4.78 is 5.11. The molecule has 0 radical (unpaired) electrons. The lowest BCUT2D eigenvalue weighted by molar-refractivity contribution is -0.145. The maximum absolute atomic E-state index is 11.8. The third-order valence-electron chi connectivity index (χ3n) is 3.02. The van der Waals surface area contributed by atoms with Crippen LogP contribution in [0, 0.1) is 0 Å². The molecule has 94 valence electrons. The summed E-state index contributed by atoms with van der Waals surface area (Å²) in [4.78, 5) is 18.9. The molecule has 3 nitrogen and oxygen atoms in total. The first-order valence-electron chi connectivity index (χ1n) is 5.99. The Kier molecular flexibility index (Phi) is 3.18. The van der Waals surface area contributed by atoms with Gasteiger partial charge < -0.3 is 4.74 Å². The van der Waals surface area contributed by atoms with E-state index >= 15 is 0 Å². The molecule has 0 N–H and O–H groups in total. The summed E-state index contributed by atoms with van der Waals surface area (Å²) in [5, 5.41) is 3.08. The highest BCUT2D eigenvalue weighted by Gasteiger charge is 2.33. The molecule has 1 aliphatic rings. The van der Waals surface area contributed by atoms with E-state index < -0.39 is 0 Å². The normalized spacial score (nSPS) is 17.7. The van der Waals surface area contributed by atoms with Gasteiger partial charge in [-0.2, -0.15) is 0 Å². The fourth-order valence-corrected chi connectivity index (χ4v) is 4.14. The molecule has 0 saturated carbocycles. The number of fused-ring (bicyclic) bond motifs is 1. The van der Waals surface area contributed by atoms with Crippen molar-refractivity contribution < 1.29 is 9.53 Å². The minimum Gasteiger partial charge on any atom is -0.465 e. The maximum atomic E-state index is 11.8. The number of thiophene rings is 1. The van der Waals surface area contributed by atoms with Crippen LogP contribution in [0.3, 0.4) is 0 Å². The SMILES string of the molecule is CCOC(=O)C1CCc2sc(-c3cccs3)nc21. The van der Waals surface area contributed by atoms with Gasteiger partial charge in [-0.15, -0.1) is 22.7 Å². The number of aromatic nitrogens is 1. The first kappa shape index (κ1) is 11.9. The predicted octanol–water partition coefficient (Wildman–Crippen LogP) is 3.46. The van der Waals surface area contributed by atoms with E-state index in [0.717, 1.165) is 23.5 Å². The maximum Gasteiger partial charge on any atom is 0.315 e. The molecule has 18 heavy (non-hydrogen) atoms. The molecule has 0 amide bonds. The van der Waals surface area contributed by atoms with Gasteiger partial charge in [0.2, 0.25) is 0 Å². The van der Waals surface area contributed by atoms with Crippen molar-refractivity contribution in [3.8, 4) is 9.88 Å². The molecular formula is C13H13NO2S2. The molecule has 0 bridgehead atoms. The van der Waals surface area contributed by atoms with Crippen LogP contribution in [0.2, 0.25) is 0 Å². The van der Waals surface area contributed by atoms with E-state index in [-0.39, 0.29) is 11.9 Å². The van der Waals surface area contributed by atoms with Crippen LogP contribution < -0.4 is 0 Å². The topological polar surface area (TPSA) is 39.2 Å². The zero-order valence-corrected chi connectivity index (χ0v) is 11.6. The van der Waals surface area contributed by atoms with Gasteiger partial charge in [0.1, 0.15) is 10.9 Å². The Labute approximate surface area is 113 Å². The van der Waals surface area contributed by atoms with Crippen molar-refractivity contribution in [2.24, 2.45) is 0 Å². The fourth-order valence-electron chi connectivity index (χ4n) is 2.21. The third kappa shape index (κ3) is 1.97. The highest BCUT2D eigenvalue weighted by molar-refractivity contribution is 7.21. The summed E-state index contributed by atoms with van der Waals surface area (Å²) in [5.41, 5.74) is 0.946. The number of carbonyl (C=O) groups is 1. The Balaban J connectivity index is 1.90. The van der Waals surface area contributed by atoms with Gasteiger partial charge in [-0.1, -0.05) is 6.07 Å². The van der Waals surface area contributed by atoms with Gasteiger partial charge in [0, 0.05) is 4.88 Å². The number of carbonyl (C=O) groups excluding carboxylic acids is 1. The first-order chi connectivity index (χ1) is 8.79. The van der Waals surface area contributed by atoms with Crippen LogP contribution in [0.25, 0.3) is 9.88 Å². The van der Waals surface area contributed by atoms with E-state index in [2.05, 4.69) is 11.1 Å². The summed E-state index contributed by atoms with van der Waals surface area (Å²) in [5.74, 6) is -0.274. The second-order valence-electron chi connectivity index (χ2n) is 4.15. The number of hydrogen-bond acceptors (Lipinski definition) is 5. The molecule has 2 aromatic heterocycles. The van der Waals surface area contributed by atoms with E-state index in [9.17, 15) is 4.79 Å². The van der Waals surface area contributed by atoms with Gasteiger partial charge in [0.05, 0.1) is 17.2 Å². The summed E-state index contributed by atoms with van der Waals surface area (Å²) in [7, 11) is 0. The predicted molar refractivity (Wildman–Crippen MR) is 73.1 cm³/mol. The second kappa shape index (κ2) is 4.82. The average molecular weight is 279 g/mol. The summed E-state index contributed by atoms with van der Waals surface area (Å²) >= 11 is 3.39. The summed E-state index contributed by atoms with van der Waals surface area (Å²) in [6.45, 7) is 2.28. The highest BCUT2D eigenvalue weighted by Crippen LogP contribution is 2.41. The molecule has 0 aliphatic heterocycles. The van der Waals surface area contributed by atoms with E-state index in [1.807, 2.05) is 18.4 Å².